The maximum Gasteiger partial charge on any atom is 0.269 e. The number of aryl methyl sites for hydroxylation is 2. The van der Waals surface area contributed by atoms with Crippen LogP contribution in [0.15, 0.2) is 36.7 Å². The van der Waals surface area contributed by atoms with E-state index < -0.39 is 0 Å². The van der Waals surface area contributed by atoms with Gasteiger partial charge in [-0.1, -0.05) is 0 Å². The molecule has 0 saturated heterocycles. The molecule has 1 aromatic heterocycles. The molecule has 0 aliphatic carbocycles. The van der Waals surface area contributed by atoms with Gasteiger partial charge in [0.05, 0.1) is 4.92 Å². The van der Waals surface area contributed by atoms with Gasteiger partial charge in [0, 0.05) is 36.8 Å². The van der Waals surface area contributed by atoms with Crippen LogP contribution in [-0.2, 0) is 6.54 Å². The van der Waals surface area contributed by atoms with Crippen LogP contribution in [0, 0.1) is 24.0 Å². The number of nitrogens with one attached hydrogen (secondary N) is 1. The Kier molecular flexibility index (Phi) is 3.75. The Balaban J connectivity index is 2.12. The van der Waals surface area contributed by atoms with E-state index in [-0.39, 0.29) is 10.6 Å². The summed E-state index contributed by atoms with van der Waals surface area (Å²) in [5.41, 5.74) is 4.15. The standard InChI is InChI=1S/C14H15N3O2/c1-10-5-6-15-8-12(10)9-16-14-4-3-13(17(18)19)7-11(14)2/h3-8,16H,9H2,1-2H3. The molecular weight excluding hydrogens is 242 g/mol. The highest BCUT2D eigenvalue weighted by Crippen LogP contribution is 2.21. The molecule has 0 amide bonds. The van der Waals surface area contributed by atoms with Crippen LogP contribution in [0.4, 0.5) is 11.4 Å². The molecule has 0 unspecified atom stereocenters. The van der Waals surface area contributed by atoms with Gasteiger partial charge < -0.3 is 5.32 Å². The summed E-state index contributed by atoms with van der Waals surface area (Å²) in [4.78, 5) is 14.4. The van der Waals surface area contributed by atoms with Crippen LogP contribution >= 0.6 is 0 Å². The van der Waals surface area contributed by atoms with Crippen molar-refractivity contribution in [2.24, 2.45) is 0 Å². The van der Waals surface area contributed by atoms with Crippen LogP contribution < -0.4 is 5.32 Å². The van der Waals surface area contributed by atoms with E-state index in [1.807, 2.05) is 26.1 Å². The number of hydrogen-bond donors (Lipinski definition) is 1. The molecule has 0 spiro atoms. The van der Waals surface area contributed by atoms with Crippen LogP contribution in [0.3, 0.4) is 0 Å². The lowest BCUT2D eigenvalue weighted by Gasteiger charge is -2.10. The monoisotopic (exact) mass is 257 g/mol. The highest BCUT2D eigenvalue weighted by Gasteiger charge is 2.08. The summed E-state index contributed by atoms with van der Waals surface area (Å²) < 4.78 is 0. The Bertz CT molecular complexity index is 611. The summed E-state index contributed by atoms with van der Waals surface area (Å²) in [5.74, 6) is 0. The molecule has 0 radical (unpaired) electrons. The van der Waals surface area contributed by atoms with Gasteiger partial charge >= 0.3 is 0 Å². The first-order chi connectivity index (χ1) is 9.08. The second kappa shape index (κ2) is 5.48. The molecule has 0 aliphatic rings. The normalized spacial score (nSPS) is 10.2. The van der Waals surface area contributed by atoms with E-state index in [1.165, 1.54) is 11.6 Å². The van der Waals surface area contributed by atoms with Crippen molar-refractivity contribution in [1.29, 1.82) is 0 Å². The van der Waals surface area contributed by atoms with Crippen LogP contribution in [0.5, 0.6) is 0 Å². The predicted molar refractivity (Wildman–Crippen MR) is 74.1 cm³/mol. The summed E-state index contributed by atoms with van der Waals surface area (Å²) >= 11 is 0. The number of nitro benzene ring substituents is 1. The van der Waals surface area contributed by atoms with E-state index in [0.29, 0.717) is 6.54 Å². The van der Waals surface area contributed by atoms with Gasteiger partial charge in [-0.2, -0.15) is 0 Å². The fraction of sp³-hybridized carbons (Fsp3) is 0.214. The zero-order valence-corrected chi connectivity index (χ0v) is 10.9. The van der Waals surface area contributed by atoms with E-state index in [4.69, 9.17) is 0 Å². The molecule has 1 aromatic carbocycles. The van der Waals surface area contributed by atoms with Gasteiger partial charge in [0.2, 0.25) is 0 Å². The van der Waals surface area contributed by atoms with Crippen LogP contribution in [-0.4, -0.2) is 9.91 Å². The largest absolute Gasteiger partial charge is 0.381 e. The van der Waals surface area contributed by atoms with E-state index in [1.54, 1.807) is 18.3 Å². The van der Waals surface area contributed by atoms with Gasteiger partial charge in [-0.05, 0) is 42.7 Å². The predicted octanol–water partition coefficient (Wildman–Crippen LogP) is 3.22. The molecule has 0 bridgehead atoms. The average molecular weight is 257 g/mol. The van der Waals surface area contributed by atoms with Crippen LogP contribution in [0.1, 0.15) is 16.7 Å². The number of anilines is 1. The smallest absolute Gasteiger partial charge is 0.269 e. The fourth-order valence-electron chi connectivity index (χ4n) is 1.83. The summed E-state index contributed by atoms with van der Waals surface area (Å²) in [7, 11) is 0. The first-order valence-corrected chi connectivity index (χ1v) is 5.96. The summed E-state index contributed by atoms with van der Waals surface area (Å²) in [6.45, 7) is 4.53. The quantitative estimate of drug-likeness (QED) is 0.674. The second-order valence-electron chi connectivity index (χ2n) is 4.41. The third-order valence-corrected chi connectivity index (χ3v) is 3.04. The maximum absolute atomic E-state index is 10.7. The molecule has 5 heteroatoms. The van der Waals surface area contributed by atoms with Crippen molar-refractivity contribution in [3.8, 4) is 0 Å². The van der Waals surface area contributed by atoms with Crippen molar-refractivity contribution >= 4 is 11.4 Å². The Labute approximate surface area is 111 Å². The van der Waals surface area contributed by atoms with Crippen molar-refractivity contribution in [3.63, 3.8) is 0 Å². The van der Waals surface area contributed by atoms with Gasteiger partial charge in [-0.3, -0.25) is 15.1 Å². The molecule has 0 atom stereocenters. The second-order valence-corrected chi connectivity index (χ2v) is 4.41. The summed E-state index contributed by atoms with van der Waals surface area (Å²) in [5, 5.41) is 13.9. The van der Waals surface area contributed by atoms with Crippen molar-refractivity contribution in [2.45, 2.75) is 20.4 Å². The number of hydrogen-bond acceptors (Lipinski definition) is 4. The Hall–Kier alpha value is -2.43. The maximum atomic E-state index is 10.7. The molecule has 0 aliphatic heterocycles. The Morgan fingerprint density at radius 3 is 2.68 bits per heavy atom. The molecule has 98 valence electrons. The lowest BCUT2D eigenvalue weighted by Crippen LogP contribution is -2.03. The Morgan fingerprint density at radius 1 is 1.26 bits per heavy atom. The van der Waals surface area contributed by atoms with E-state index in [0.717, 1.165) is 16.8 Å². The lowest BCUT2D eigenvalue weighted by molar-refractivity contribution is -0.384. The highest BCUT2D eigenvalue weighted by atomic mass is 16.6. The van der Waals surface area contributed by atoms with Gasteiger partial charge in [-0.25, -0.2) is 0 Å². The third kappa shape index (κ3) is 3.07. The molecular formula is C14H15N3O2. The van der Waals surface area contributed by atoms with E-state index in [2.05, 4.69) is 10.3 Å². The number of nitro groups is 1. The van der Waals surface area contributed by atoms with Crippen LogP contribution in [0.2, 0.25) is 0 Å². The molecule has 2 rings (SSSR count). The zero-order chi connectivity index (χ0) is 13.8. The van der Waals surface area contributed by atoms with Crippen LogP contribution in [0.25, 0.3) is 0 Å². The fourth-order valence-corrected chi connectivity index (χ4v) is 1.83. The highest BCUT2D eigenvalue weighted by molar-refractivity contribution is 5.55. The van der Waals surface area contributed by atoms with Crippen molar-refractivity contribution in [2.75, 3.05) is 5.32 Å². The molecule has 19 heavy (non-hydrogen) atoms. The van der Waals surface area contributed by atoms with Crippen molar-refractivity contribution < 1.29 is 4.92 Å². The summed E-state index contributed by atoms with van der Waals surface area (Å²) in [6.07, 6.45) is 3.58. The van der Waals surface area contributed by atoms with E-state index in [9.17, 15) is 10.1 Å². The summed E-state index contributed by atoms with van der Waals surface area (Å²) in [6, 6.07) is 6.77. The van der Waals surface area contributed by atoms with Gasteiger partial charge in [0.1, 0.15) is 0 Å². The SMILES string of the molecule is Cc1ccncc1CNc1ccc([N+](=O)[O-])cc1C. The molecule has 5 nitrogen and oxygen atoms in total. The van der Waals surface area contributed by atoms with Gasteiger partial charge in [-0.15, -0.1) is 0 Å². The number of rotatable bonds is 4. The number of aromatic nitrogens is 1. The van der Waals surface area contributed by atoms with Gasteiger partial charge in [0.15, 0.2) is 0 Å². The van der Waals surface area contributed by atoms with Crippen molar-refractivity contribution in [3.05, 3.63) is 63.5 Å². The molecule has 2 aromatic rings. The molecule has 1 N–H and O–H groups in total. The minimum atomic E-state index is -0.387. The molecule has 0 fully saturated rings. The van der Waals surface area contributed by atoms with E-state index >= 15 is 0 Å². The first-order valence-electron chi connectivity index (χ1n) is 5.96. The minimum absolute atomic E-state index is 0.112. The number of nitrogens with zero attached hydrogens (tertiary/aromatic N) is 2. The third-order valence-electron chi connectivity index (χ3n) is 3.04. The average Bonchev–Trinajstić information content (AvgIpc) is 2.39. The Morgan fingerprint density at radius 2 is 2.05 bits per heavy atom. The number of benzene rings is 1. The topological polar surface area (TPSA) is 68.1 Å². The minimum Gasteiger partial charge on any atom is -0.381 e. The molecule has 1 heterocycles. The number of pyridine rings is 1. The van der Waals surface area contributed by atoms with Gasteiger partial charge in [0.25, 0.3) is 5.69 Å². The zero-order valence-electron chi connectivity index (χ0n) is 10.9. The van der Waals surface area contributed by atoms with Crippen molar-refractivity contribution in [1.82, 2.24) is 4.98 Å². The number of non-ortho nitro benzene ring substituents is 1. The first kappa shape index (κ1) is 13.0. The lowest BCUT2D eigenvalue weighted by atomic mass is 10.1. The molecule has 0 saturated carbocycles.